The first-order chi connectivity index (χ1) is 11.6. The normalized spacial score (nSPS) is 17.6. The highest BCUT2D eigenvalue weighted by atomic mass is 35.5. The van der Waals surface area contributed by atoms with E-state index in [1.165, 1.54) is 0 Å². The number of carbonyl (C=O) groups excluding carboxylic acids is 1. The van der Waals surface area contributed by atoms with Crippen molar-refractivity contribution in [3.63, 3.8) is 0 Å². The summed E-state index contributed by atoms with van der Waals surface area (Å²) in [5.41, 5.74) is -0.131. The summed E-state index contributed by atoms with van der Waals surface area (Å²) in [5, 5.41) is 11.1. The Morgan fingerprint density at radius 1 is 1.44 bits per heavy atom. The first-order valence-corrected chi connectivity index (χ1v) is 8.16. The highest BCUT2D eigenvalue weighted by Gasteiger charge is 2.36. The van der Waals surface area contributed by atoms with E-state index in [4.69, 9.17) is 28.3 Å². The molecule has 2 heterocycles. The number of urea groups is 1. The number of carbonyl (C=O) groups is 2. The monoisotopic (exact) mass is 387 g/mol. The number of alkyl halides is 1. The zero-order valence-corrected chi connectivity index (χ0v) is 15.2. The Kier molecular flexibility index (Phi) is 5.69. The average molecular weight is 388 g/mol. The molecular weight excluding hydrogens is 372 g/mol. The van der Waals surface area contributed by atoms with Crippen LogP contribution in [0.2, 0.25) is 0 Å². The maximum atomic E-state index is 13.9. The second-order valence-corrected chi connectivity index (χ2v) is 6.49. The zero-order chi connectivity index (χ0) is 18.9. The van der Waals surface area contributed by atoms with Crippen LogP contribution < -0.4 is 5.32 Å². The number of amides is 2. The number of allylic oxidation sites excluding steroid dienone is 2. The van der Waals surface area contributed by atoms with Gasteiger partial charge in [0.25, 0.3) is 0 Å². The van der Waals surface area contributed by atoms with Crippen molar-refractivity contribution in [3.05, 3.63) is 46.2 Å². The Labute approximate surface area is 153 Å². The first-order valence-electron chi connectivity index (χ1n) is 7.35. The second-order valence-electron chi connectivity index (χ2n) is 5.72. The van der Waals surface area contributed by atoms with Crippen molar-refractivity contribution in [1.82, 2.24) is 9.88 Å². The molecular formula is C16H16Cl2FN3O3. The number of nitrogens with zero attached hydrogens (tertiary/aromatic N) is 2. The smallest absolute Gasteiger partial charge is 0.335 e. The van der Waals surface area contributed by atoms with Gasteiger partial charge in [-0.25, -0.2) is 14.0 Å². The second kappa shape index (κ2) is 7.41. The molecule has 1 aromatic rings. The molecule has 25 heavy (non-hydrogen) atoms. The number of aryl methyl sites for hydroxylation is 1. The summed E-state index contributed by atoms with van der Waals surface area (Å²) in [6, 6.07) is 0.848. The van der Waals surface area contributed by atoms with Gasteiger partial charge in [0.15, 0.2) is 11.0 Å². The Bertz CT molecular complexity index is 793. The predicted octanol–water partition coefficient (Wildman–Crippen LogP) is 4.31. The molecule has 2 rings (SSSR count). The molecule has 1 unspecified atom stereocenters. The molecule has 2 N–H and O–H groups in total. The molecule has 0 radical (unpaired) electrons. The van der Waals surface area contributed by atoms with E-state index in [-0.39, 0.29) is 5.92 Å². The molecule has 0 spiro atoms. The first kappa shape index (κ1) is 19.2. The minimum atomic E-state index is -1.45. The van der Waals surface area contributed by atoms with Gasteiger partial charge in [0.2, 0.25) is 0 Å². The number of hydrogen-bond donors (Lipinski definition) is 2. The summed E-state index contributed by atoms with van der Waals surface area (Å²) in [6.07, 6.45) is 2.31. The van der Waals surface area contributed by atoms with Gasteiger partial charge in [0.1, 0.15) is 5.50 Å². The van der Waals surface area contributed by atoms with Crippen LogP contribution in [0.3, 0.4) is 0 Å². The summed E-state index contributed by atoms with van der Waals surface area (Å²) in [5.74, 6) is -2.49. The molecule has 9 heteroatoms. The average Bonchev–Trinajstić information content (AvgIpc) is 2.52. The summed E-state index contributed by atoms with van der Waals surface area (Å²) >= 11 is 11.9. The van der Waals surface area contributed by atoms with Crippen molar-refractivity contribution < 1.29 is 19.1 Å². The Balaban J connectivity index is 2.39. The third-order valence-corrected chi connectivity index (χ3v) is 4.40. The fourth-order valence-electron chi connectivity index (χ4n) is 2.32. The minimum absolute atomic E-state index is 0.0144. The molecule has 0 saturated heterocycles. The van der Waals surface area contributed by atoms with Crippen molar-refractivity contribution >= 4 is 40.9 Å². The van der Waals surface area contributed by atoms with Crippen LogP contribution in [0.1, 0.15) is 31.0 Å². The fraction of sp³-hybridized carbons (Fsp3) is 0.312. The minimum Gasteiger partial charge on any atom is -0.478 e. The Morgan fingerprint density at radius 2 is 2.08 bits per heavy atom. The lowest BCUT2D eigenvalue weighted by Gasteiger charge is -2.30. The highest BCUT2D eigenvalue weighted by Crippen LogP contribution is 2.33. The summed E-state index contributed by atoms with van der Waals surface area (Å²) in [6.45, 7) is 5.58. The summed E-state index contributed by atoms with van der Waals surface area (Å²) in [7, 11) is 0. The van der Waals surface area contributed by atoms with Crippen LogP contribution in [-0.4, -0.2) is 32.5 Å². The summed E-state index contributed by atoms with van der Waals surface area (Å²) in [4.78, 5) is 28.7. The van der Waals surface area contributed by atoms with Crippen LogP contribution in [0.15, 0.2) is 34.9 Å². The molecule has 0 fully saturated rings. The summed E-state index contributed by atoms with van der Waals surface area (Å²) < 4.78 is 13.9. The van der Waals surface area contributed by atoms with E-state index in [2.05, 4.69) is 10.3 Å². The lowest BCUT2D eigenvalue weighted by molar-refractivity contribution is -0.133. The van der Waals surface area contributed by atoms with Crippen LogP contribution in [0.25, 0.3) is 0 Å². The molecule has 0 bridgehead atoms. The van der Waals surface area contributed by atoms with E-state index >= 15 is 0 Å². The van der Waals surface area contributed by atoms with Gasteiger partial charge in [-0.3, -0.25) is 9.88 Å². The number of carboxylic acids is 1. The Hall–Kier alpha value is -2.12. The molecule has 1 aliphatic heterocycles. The number of hydrogen-bond acceptors (Lipinski definition) is 3. The van der Waals surface area contributed by atoms with Crippen LogP contribution in [0.4, 0.5) is 14.9 Å². The van der Waals surface area contributed by atoms with Gasteiger partial charge in [0, 0.05) is 6.20 Å². The lowest BCUT2D eigenvalue weighted by Crippen LogP contribution is -2.43. The number of pyridine rings is 1. The Morgan fingerprint density at radius 3 is 2.64 bits per heavy atom. The van der Waals surface area contributed by atoms with Crippen LogP contribution >= 0.6 is 23.2 Å². The molecule has 2 amide bonds. The predicted molar refractivity (Wildman–Crippen MR) is 93.3 cm³/mol. The molecule has 134 valence electrons. The number of rotatable bonds is 3. The molecule has 1 aromatic heterocycles. The van der Waals surface area contributed by atoms with Crippen LogP contribution in [0.5, 0.6) is 0 Å². The molecule has 0 saturated carbocycles. The van der Waals surface area contributed by atoms with E-state index in [9.17, 15) is 14.0 Å². The van der Waals surface area contributed by atoms with Crippen LogP contribution in [-0.2, 0) is 4.79 Å². The van der Waals surface area contributed by atoms with E-state index in [0.717, 1.165) is 5.56 Å². The van der Waals surface area contributed by atoms with Crippen molar-refractivity contribution in [3.8, 4) is 0 Å². The maximum Gasteiger partial charge on any atom is 0.335 e. The SMILES string of the molecule is Cc1ccnc(C(C)C)c1NC(=O)N1C(Cl)=C(F)C=C(C(=O)O)C1Cl. The number of aromatic nitrogens is 1. The van der Waals surface area contributed by atoms with Gasteiger partial charge in [-0.1, -0.05) is 37.0 Å². The fourth-order valence-corrected chi connectivity index (χ4v) is 2.94. The molecule has 0 aromatic carbocycles. The van der Waals surface area contributed by atoms with Gasteiger partial charge in [-0.05, 0) is 30.5 Å². The van der Waals surface area contributed by atoms with Gasteiger partial charge in [-0.15, -0.1) is 0 Å². The lowest BCUT2D eigenvalue weighted by atomic mass is 10.0. The van der Waals surface area contributed by atoms with E-state index in [1.54, 1.807) is 19.2 Å². The number of halogens is 3. The third-order valence-electron chi connectivity index (χ3n) is 3.61. The van der Waals surface area contributed by atoms with Gasteiger partial charge in [0.05, 0.1) is 17.0 Å². The maximum absolute atomic E-state index is 13.9. The number of aliphatic carboxylic acids is 1. The van der Waals surface area contributed by atoms with Crippen molar-refractivity contribution in [2.45, 2.75) is 32.2 Å². The van der Waals surface area contributed by atoms with E-state index < -0.39 is 34.1 Å². The van der Waals surface area contributed by atoms with Crippen molar-refractivity contribution in [2.24, 2.45) is 0 Å². The number of nitrogens with one attached hydrogen (secondary N) is 1. The third kappa shape index (κ3) is 3.77. The molecule has 1 aliphatic rings. The topological polar surface area (TPSA) is 82.5 Å². The zero-order valence-electron chi connectivity index (χ0n) is 13.7. The van der Waals surface area contributed by atoms with E-state index in [1.807, 2.05) is 13.8 Å². The number of anilines is 1. The standard InChI is InChI=1S/C16H16Cl2FN3O3/c1-7(2)11-12(8(3)4-5-20-11)21-16(25)22-13(17)9(15(23)24)6-10(19)14(22)18/h4-7,13H,1-3H3,(H,21,25)(H,23,24). The van der Waals surface area contributed by atoms with Gasteiger partial charge in [-0.2, -0.15) is 0 Å². The largest absolute Gasteiger partial charge is 0.478 e. The van der Waals surface area contributed by atoms with E-state index in [0.29, 0.717) is 22.4 Å². The van der Waals surface area contributed by atoms with Crippen molar-refractivity contribution in [1.29, 1.82) is 0 Å². The molecule has 1 atom stereocenters. The molecule has 0 aliphatic carbocycles. The number of carboxylic acid groups (broad SMARTS) is 1. The quantitative estimate of drug-likeness (QED) is 0.597. The van der Waals surface area contributed by atoms with Gasteiger partial charge < -0.3 is 10.4 Å². The van der Waals surface area contributed by atoms with Crippen LogP contribution in [0, 0.1) is 6.92 Å². The highest BCUT2D eigenvalue weighted by molar-refractivity contribution is 6.34. The van der Waals surface area contributed by atoms with Crippen molar-refractivity contribution in [2.75, 3.05) is 5.32 Å². The molecule has 6 nitrogen and oxygen atoms in total. The van der Waals surface area contributed by atoms with Gasteiger partial charge >= 0.3 is 12.0 Å².